The van der Waals surface area contributed by atoms with Crippen molar-refractivity contribution in [2.75, 3.05) is 0 Å². The van der Waals surface area contributed by atoms with E-state index in [1.54, 1.807) is 16.9 Å². The van der Waals surface area contributed by atoms with Gasteiger partial charge in [0.2, 0.25) is 0 Å². The lowest BCUT2D eigenvalue weighted by Gasteiger charge is -2.04. The first-order chi connectivity index (χ1) is 7.56. The number of aromatic nitrogens is 2. The fourth-order valence-corrected chi connectivity index (χ4v) is 2.07. The van der Waals surface area contributed by atoms with E-state index in [1.807, 2.05) is 22.6 Å². The van der Waals surface area contributed by atoms with Crippen LogP contribution in [0.3, 0.4) is 0 Å². The summed E-state index contributed by atoms with van der Waals surface area (Å²) in [5.41, 5.74) is 0.804. The Hall–Kier alpha value is -0.330. The summed E-state index contributed by atoms with van der Waals surface area (Å²) in [6.45, 7) is 0.474. The number of benzene rings is 1. The molecule has 0 unspecified atom stereocenters. The SMILES string of the molecule is Fc1ccc(Cn2cc(Cl)c(I)n2)c(Cl)c1. The van der Waals surface area contributed by atoms with Gasteiger partial charge in [-0.2, -0.15) is 5.10 Å². The summed E-state index contributed by atoms with van der Waals surface area (Å²) in [6, 6.07) is 4.30. The van der Waals surface area contributed by atoms with Gasteiger partial charge in [-0.25, -0.2) is 4.39 Å². The summed E-state index contributed by atoms with van der Waals surface area (Å²) in [7, 11) is 0. The zero-order valence-corrected chi connectivity index (χ0v) is 11.6. The van der Waals surface area contributed by atoms with Crippen LogP contribution in [0, 0.1) is 9.52 Å². The van der Waals surface area contributed by atoms with Crippen LogP contribution in [0.2, 0.25) is 10.0 Å². The second kappa shape index (κ2) is 4.89. The van der Waals surface area contributed by atoms with Crippen molar-refractivity contribution in [2.24, 2.45) is 0 Å². The Bertz CT molecular complexity index is 508. The summed E-state index contributed by atoms with van der Waals surface area (Å²) < 4.78 is 15.2. The molecule has 0 spiro atoms. The molecule has 2 aromatic rings. The van der Waals surface area contributed by atoms with Crippen LogP contribution >= 0.6 is 45.8 Å². The minimum atomic E-state index is -0.346. The molecule has 0 aliphatic rings. The molecule has 2 rings (SSSR count). The molecule has 1 heterocycles. The van der Waals surface area contributed by atoms with Gasteiger partial charge in [0, 0.05) is 11.2 Å². The highest BCUT2D eigenvalue weighted by Gasteiger charge is 2.06. The molecule has 0 aliphatic heterocycles. The number of hydrogen-bond donors (Lipinski definition) is 0. The molecule has 0 bridgehead atoms. The van der Waals surface area contributed by atoms with E-state index in [4.69, 9.17) is 23.2 Å². The van der Waals surface area contributed by atoms with Gasteiger partial charge in [0.05, 0.1) is 11.6 Å². The van der Waals surface area contributed by atoms with Crippen LogP contribution in [0.5, 0.6) is 0 Å². The standard InChI is InChI=1S/C10H6Cl2FIN2/c11-8-3-7(13)2-1-6(8)4-16-5-9(12)10(14)15-16/h1-3,5H,4H2. The third kappa shape index (κ3) is 2.67. The van der Waals surface area contributed by atoms with Crippen molar-refractivity contribution < 1.29 is 4.39 Å². The molecule has 2 nitrogen and oxygen atoms in total. The van der Waals surface area contributed by atoms with Gasteiger partial charge in [-0.05, 0) is 40.3 Å². The van der Waals surface area contributed by atoms with Crippen LogP contribution in [-0.2, 0) is 6.54 Å². The molecule has 6 heteroatoms. The maximum absolute atomic E-state index is 12.8. The molecular formula is C10H6Cl2FIN2. The van der Waals surface area contributed by atoms with E-state index in [0.29, 0.717) is 16.6 Å². The summed E-state index contributed by atoms with van der Waals surface area (Å²) in [6.07, 6.45) is 1.71. The van der Waals surface area contributed by atoms with Crippen molar-refractivity contribution in [2.45, 2.75) is 6.54 Å². The number of nitrogens with zero attached hydrogens (tertiary/aromatic N) is 2. The maximum atomic E-state index is 12.8. The maximum Gasteiger partial charge on any atom is 0.141 e. The lowest BCUT2D eigenvalue weighted by Crippen LogP contribution is -2.01. The Morgan fingerprint density at radius 2 is 2.06 bits per heavy atom. The van der Waals surface area contributed by atoms with Crippen molar-refractivity contribution in [3.63, 3.8) is 0 Å². The molecule has 0 amide bonds. The van der Waals surface area contributed by atoms with Crippen LogP contribution in [0.1, 0.15) is 5.56 Å². The minimum absolute atomic E-state index is 0.346. The molecule has 1 aromatic carbocycles. The summed E-state index contributed by atoms with van der Waals surface area (Å²) in [4.78, 5) is 0. The Morgan fingerprint density at radius 3 is 2.62 bits per heavy atom. The number of rotatable bonds is 2. The highest BCUT2D eigenvalue weighted by Crippen LogP contribution is 2.20. The third-order valence-corrected chi connectivity index (χ3v) is 3.77. The summed E-state index contributed by atoms with van der Waals surface area (Å²) in [5.74, 6) is -0.346. The molecule has 0 aliphatic carbocycles. The van der Waals surface area contributed by atoms with E-state index in [0.717, 1.165) is 9.26 Å². The minimum Gasteiger partial charge on any atom is -0.266 e. The van der Waals surface area contributed by atoms with Crippen molar-refractivity contribution in [3.05, 3.63) is 49.5 Å². The van der Waals surface area contributed by atoms with Crippen molar-refractivity contribution in [1.82, 2.24) is 9.78 Å². The second-order valence-corrected chi connectivity index (χ2v) is 5.04. The van der Waals surface area contributed by atoms with Gasteiger partial charge in [0.1, 0.15) is 9.52 Å². The molecule has 84 valence electrons. The zero-order valence-electron chi connectivity index (χ0n) is 7.92. The molecule has 0 fully saturated rings. The van der Waals surface area contributed by atoms with E-state index in [1.165, 1.54) is 12.1 Å². The van der Waals surface area contributed by atoms with Gasteiger partial charge < -0.3 is 0 Å². The Kier molecular flexibility index (Phi) is 3.71. The average molecular weight is 371 g/mol. The fraction of sp³-hybridized carbons (Fsp3) is 0.100. The fourth-order valence-electron chi connectivity index (χ4n) is 1.28. The average Bonchev–Trinajstić information content (AvgIpc) is 2.51. The van der Waals surface area contributed by atoms with Crippen LogP contribution in [0.15, 0.2) is 24.4 Å². The number of hydrogen-bond acceptors (Lipinski definition) is 1. The highest BCUT2D eigenvalue weighted by atomic mass is 127. The van der Waals surface area contributed by atoms with Crippen LogP contribution in [0.4, 0.5) is 4.39 Å². The van der Waals surface area contributed by atoms with Gasteiger partial charge in [0.25, 0.3) is 0 Å². The van der Waals surface area contributed by atoms with Crippen molar-refractivity contribution >= 4 is 45.8 Å². The molecular weight excluding hydrogens is 365 g/mol. The lowest BCUT2D eigenvalue weighted by molar-refractivity contribution is 0.624. The number of halogens is 4. The van der Waals surface area contributed by atoms with Gasteiger partial charge in [-0.3, -0.25) is 4.68 Å². The molecule has 0 atom stereocenters. The first-order valence-electron chi connectivity index (χ1n) is 4.38. The topological polar surface area (TPSA) is 17.8 Å². The monoisotopic (exact) mass is 370 g/mol. The molecule has 0 saturated heterocycles. The predicted molar refractivity (Wildman–Crippen MR) is 70.5 cm³/mol. The van der Waals surface area contributed by atoms with Crippen LogP contribution in [-0.4, -0.2) is 9.78 Å². The predicted octanol–water partition coefficient (Wildman–Crippen LogP) is 3.98. The summed E-state index contributed by atoms with van der Waals surface area (Å²) in [5, 5.41) is 5.17. The smallest absolute Gasteiger partial charge is 0.141 e. The van der Waals surface area contributed by atoms with Gasteiger partial charge in [0.15, 0.2) is 0 Å². The highest BCUT2D eigenvalue weighted by molar-refractivity contribution is 14.1. The Labute approximate surface area is 115 Å². The van der Waals surface area contributed by atoms with Crippen LogP contribution in [0.25, 0.3) is 0 Å². The largest absolute Gasteiger partial charge is 0.266 e. The second-order valence-electron chi connectivity index (χ2n) is 3.20. The van der Waals surface area contributed by atoms with Gasteiger partial charge >= 0.3 is 0 Å². The van der Waals surface area contributed by atoms with E-state index in [2.05, 4.69) is 5.10 Å². The van der Waals surface area contributed by atoms with Gasteiger partial charge in [-0.15, -0.1) is 0 Å². The van der Waals surface area contributed by atoms with E-state index >= 15 is 0 Å². The normalized spacial score (nSPS) is 10.8. The Balaban J connectivity index is 2.27. The molecule has 0 N–H and O–H groups in total. The molecule has 0 saturated carbocycles. The van der Waals surface area contributed by atoms with Crippen molar-refractivity contribution in [3.8, 4) is 0 Å². The van der Waals surface area contributed by atoms with E-state index in [-0.39, 0.29) is 5.82 Å². The van der Waals surface area contributed by atoms with E-state index < -0.39 is 0 Å². The Morgan fingerprint density at radius 1 is 1.31 bits per heavy atom. The van der Waals surface area contributed by atoms with E-state index in [9.17, 15) is 4.39 Å². The lowest BCUT2D eigenvalue weighted by atomic mass is 10.2. The summed E-state index contributed by atoms with van der Waals surface area (Å²) >= 11 is 13.8. The molecule has 0 radical (unpaired) electrons. The molecule has 16 heavy (non-hydrogen) atoms. The first kappa shape index (κ1) is 12.1. The first-order valence-corrected chi connectivity index (χ1v) is 6.22. The van der Waals surface area contributed by atoms with Gasteiger partial charge in [-0.1, -0.05) is 29.3 Å². The zero-order chi connectivity index (χ0) is 11.7. The third-order valence-electron chi connectivity index (χ3n) is 2.02. The van der Waals surface area contributed by atoms with Crippen LogP contribution < -0.4 is 0 Å². The van der Waals surface area contributed by atoms with Crippen molar-refractivity contribution in [1.29, 1.82) is 0 Å². The quantitative estimate of drug-likeness (QED) is 0.731. The molecule has 1 aromatic heterocycles.